The van der Waals surface area contributed by atoms with Crippen molar-refractivity contribution in [2.75, 3.05) is 0 Å². The van der Waals surface area contributed by atoms with E-state index in [9.17, 15) is 17.2 Å². The summed E-state index contributed by atoms with van der Waals surface area (Å²) in [6, 6.07) is 3.66. The minimum atomic E-state index is -3.92. The van der Waals surface area contributed by atoms with Crippen molar-refractivity contribution in [3.63, 3.8) is 0 Å². The van der Waals surface area contributed by atoms with Gasteiger partial charge >= 0.3 is 177 Å². The van der Waals surface area contributed by atoms with Gasteiger partial charge in [0.1, 0.15) is 0 Å². The molecule has 0 bridgehead atoms. The van der Waals surface area contributed by atoms with E-state index in [1.165, 1.54) is 50.5 Å². The molecule has 0 aliphatic heterocycles. The topological polar surface area (TPSA) is 76.4 Å². The molecular formula is C23H28BF2NO4S. The quantitative estimate of drug-likeness (QED) is 0.182. The van der Waals surface area contributed by atoms with Crippen molar-refractivity contribution < 1.29 is 26.6 Å². The zero-order valence-corrected chi connectivity index (χ0v) is 19.6. The molecule has 32 heavy (non-hydrogen) atoms. The van der Waals surface area contributed by atoms with Crippen LogP contribution in [-0.2, 0) is 20.2 Å². The summed E-state index contributed by atoms with van der Waals surface area (Å²) in [5.74, 6) is -1.75. The van der Waals surface area contributed by atoms with Gasteiger partial charge in [-0.25, -0.2) is 0 Å². The van der Waals surface area contributed by atoms with E-state index in [1.54, 1.807) is 6.92 Å². The Morgan fingerprint density at radius 3 is 2.59 bits per heavy atom. The van der Waals surface area contributed by atoms with Crippen LogP contribution in [-0.4, -0.2) is 25.8 Å². The van der Waals surface area contributed by atoms with E-state index in [0.29, 0.717) is 24.7 Å². The van der Waals surface area contributed by atoms with Crippen LogP contribution in [0.4, 0.5) is 8.78 Å². The van der Waals surface area contributed by atoms with Crippen LogP contribution >= 0.6 is 0 Å². The zero-order valence-electron chi connectivity index (χ0n) is 18.8. The van der Waals surface area contributed by atoms with Crippen LogP contribution in [0.15, 0.2) is 54.6 Å². The van der Waals surface area contributed by atoms with Gasteiger partial charge in [0.15, 0.2) is 0 Å². The van der Waals surface area contributed by atoms with Crippen molar-refractivity contribution in [1.29, 1.82) is 5.26 Å². The third-order valence-corrected chi connectivity index (χ3v) is 7.42. The first-order valence-electron chi connectivity index (χ1n) is 10.1. The number of ether oxygens (including phenoxy) is 1. The Hall–Kier alpha value is -2.73. The van der Waals surface area contributed by atoms with Crippen LogP contribution in [0, 0.1) is 17.3 Å². The van der Waals surface area contributed by atoms with Gasteiger partial charge in [-0.3, -0.25) is 0 Å². The predicted molar refractivity (Wildman–Crippen MR) is 124 cm³/mol. The second-order valence-corrected chi connectivity index (χ2v) is 9.99. The Bertz CT molecular complexity index is 1050. The first-order chi connectivity index (χ1) is 15.0. The minimum absolute atomic E-state index is 0.0520. The van der Waals surface area contributed by atoms with Crippen molar-refractivity contribution in [3.05, 3.63) is 66.0 Å². The first kappa shape index (κ1) is 27.3. The molecule has 1 aromatic carbocycles. The SMILES string of the molecule is C=C/C=C\C(F)=C(/CCC)Oc1ccc(F)c(CS(=O)(=O)C(C)(C)C(=BOC#N)CC)c1. The van der Waals surface area contributed by atoms with Crippen molar-refractivity contribution >= 4 is 22.4 Å². The standard InChI is InChI=1S/C23H28BF2NO4S/c1-6-9-11-20(26)21(10-7-2)31-18-12-13-19(25)17(14-18)15-32(28,29)23(4,5)22(8-3)24-30-16-27/h6,9,11-14H,1,7-8,10,15H2,2-5H3/b11-9-,21-20-. The summed E-state index contributed by atoms with van der Waals surface area (Å²) in [6.07, 6.45) is 6.76. The van der Waals surface area contributed by atoms with Gasteiger partial charge in [-0.05, 0) is 0 Å². The number of rotatable bonds is 12. The predicted octanol–water partition coefficient (Wildman–Crippen LogP) is 5.32. The molecule has 0 saturated carbocycles. The molecule has 0 aliphatic rings. The van der Waals surface area contributed by atoms with E-state index in [-0.39, 0.29) is 17.1 Å². The number of hydrogen-bond donors (Lipinski definition) is 0. The molecule has 0 saturated heterocycles. The van der Waals surface area contributed by atoms with Crippen molar-refractivity contribution in [3.8, 4) is 12.0 Å². The molecule has 0 aliphatic carbocycles. The Balaban J connectivity index is 3.31. The number of allylic oxidation sites excluding steroid dienone is 5. The van der Waals surface area contributed by atoms with Gasteiger partial charge in [-0.2, -0.15) is 0 Å². The fourth-order valence-corrected chi connectivity index (χ4v) is 4.48. The summed E-state index contributed by atoms with van der Waals surface area (Å²) in [5, 5.41) is 8.61. The molecule has 5 nitrogen and oxygen atoms in total. The molecule has 172 valence electrons. The fraction of sp³-hybridized carbons (Fsp3) is 0.391. The summed E-state index contributed by atoms with van der Waals surface area (Å²) in [6.45, 7) is 10.0. The van der Waals surface area contributed by atoms with E-state index in [4.69, 9.17) is 10.00 Å². The molecule has 0 radical (unpaired) electrons. The third kappa shape index (κ3) is 7.16. The molecule has 0 spiro atoms. The third-order valence-electron chi connectivity index (χ3n) is 4.91. The number of nitriles is 1. The van der Waals surface area contributed by atoms with Gasteiger partial charge in [-0.1, -0.05) is 12.7 Å². The summed E-state index contributed by atoms with van der Waals surface area (Å²) >= 11 is 0. The van der Waals surface area contributed by atoms with E-state index >= 15 is 0 Å². The number of halogens is 2. The molecule has 0 atom stereocenters. The summed E-state index contributed by atoms with van der Waals surface area (Å²) < 4.78 is 63.9. The van der Waals surface area contributed by atoms with Gasteiger partial charge < -0.3 is 0 Å². The van der Waals surface area contributed by atoms with Gasteiger partial charge in [0.2, 0.25) is 0 Å². The van der Waals surface area contributed by atoms with Crippen LogP contribution < -0.4 is 4.74 Å². The average molecular weight is 463 g/mol. The molecule has 9 heteroatoms. The zero-order chi connectivity index (χ0) is 24.4. The molecule has 0 heterocycles. The van der Waals surface area contributed by atoms with Crippen LogP contribution in [0.1, 0.15) is 52.5 Å². The Morgan fingerprint density at radius 2 is 2.03 bits per heavy atom. The number of benzene rings is 1. The normalized spacial score (nSPS) is 13.2. The second kappa shape index (κ2) is 12.3. The molecule has 1 rings (SSSR count). The van der Waals surface area contributed by atoms with E-state index in [1.807, 2.05) is 6.92 Å². The summed E-state index contributed by atoms with van der Waals surface area (Å²) in [7, 11) is -2.82. The fourth-order valence-electron chi connectivity index (χ4n) is 2.89. The molecular weight excluding hydrogens is 435 g/mol. The van der Waals surface area contributed by atoms with E-state index in [0.717, 1.165) is 13.2 Å². The number of nitrogens with zero attached hydrogens (tertiary/aromatic N) is 1. The molecule has 0 aromatic heterocycles. The second-order valence-electron chi connectivity index (χ2n) is 7.45. The number of sulfone groups is 1. The van der Waals surface area contributed by atoms with Crippen LogP contribution in [0.5, 0.6) is 5.75 Å². The van der Waals surface area contributed by atoms with Crippen LogP contribution in [0.2, 0.25) is 0 Å². The van der Waals surface area contributed by atoms with Crippen LogP contribution in [0.3, 0.4) is 0 Å². The Morgan fingerprint density at radius 1 is 1.34 bits per heavy atom. The summed E-state index contributed by atoms with van der Waals surface area (Å²) in [5.41, 5.74) is 0.265. The van der Waals surface area contributed by atoms with Gasteiger partial charge in [-0.15, -0.1) is 0 Å². The summed E-state index contributed by atoms with van der Waals surface area (Å²) in [4.78, 5) is 0. The first-order valence-corrected chi connectivity index (χ1v) is 11.8. The van der Waals surface area contributed by atoms with Gasteiger partial charge in [0.25, 0.3) is 0 Å². The molecule has 0 unspecified atom stereocenters. The maximum absolute atomic E-state index is 14.5. The van der Waals surface area contributed by atoms with Gasteiger partial charge in [0.05, 0.1) is 0 Å². The van der Waals surface area contributed by atoms with E-state index in [2.05, 4.69) is 11.2 Å². The van der Waals surface area contributed by atoms with E-state index < -0.39 is 32.0 Å². The van der Waals surface area contributed by atoms with Gasteiger partial charge in [0, 0.05) is 0 Å². The molecule has 0 amide bonds. The van der Waals surface area contributed by atoms with Crippen molar-refractivity contribution in [1.82, 2.24) is 0 Å². The Kier molecular flexibility index (Phi) is 10.5. The Labute approximate surface area is 189 Å². The molecule has 0 fully saturated rings. The molecule has 0 N–H and O–H groups in total. The number of hydrogen-bond acceptors (Lipinski definition) is 5. The maximum atomic E-state index is 14.5. The van der Waals surface area contributed by atoms with Crippen LogP contribution in [0.25, 0.3) is 0 Å². The molecule has 1 aromatic rings. The average Bonchev–Trinajstić information content (AvgIpc) is 2.74. The van der Waals surface area contributed by atoms with Crippen molar-refractivity contribution in [2.45, 2.75) is 57.5 Å². The van der Waals surface area contributed by atoms with Crippen molar-refractivity contribution in [2.24, 2.45) is 0 Å². The monoisotopic (exact) mass is 463 g/mol.